The van der Waals surface area contributed by atoms with Crippen molar-refractivity contribution in [1.29, 1.82) is 0 Å². The van der Waals surface area contributed by atoms with Gasteiger partial charge in [-0.15, -0.1) is 0 Å². The highest BCUT2D eigenvalue weighted by molar-refractivity contribution is 6.74. The second kappa shape index (κ2) is 6.19. The summed E-state index contributed by atoms with van der Waals surface area (Å²) in [7, 11) is -1.96. The third-order valence-electron chi connectivity index (χ3n) is 7.91. The number of rotatable bonds is 2. The fourth-order valence-electron chi connectivity index (χ4n) is 4.96. The van der Waals surface area contributed by atoms with E-state index in [4.69, 9.17) is 4.43 Å². The maximum absolute atomic E-state index is 12.7. The zero-order chi connectivity index (χ0) is 20.5. The lowest BCUT2D eigenvalue weighted by Crippen LogP contribution is -2.44. The molecule has 4 rings (SSSR count). The number of carbonyl (C=O) groups excluding carboxylic acids is 1. The molecule has 2 aromatic carbocycles. The monoisotopic (exact) mass is 394 g/mol. The van der Waals surface area contributed by atoms with Crippen molar-refractivity contribution in [2.24, 2.45) is 5.41 Å². The van der Waals surface area contributed by atoms with Crippen molar-refractivity contribution in [3.8, 4) is 5.75 Å². The van der Waals surface area contributed by atoms with Crippen molar-refractivity contribution in [1.82, 2.24) is 0 Å². The Morgan fingerprint density at radius 3 is 2.50 bits per heavy atom. The number of hydrogen-bond acceptors (Lipinski definition) is 2. The summed E-state index contributed by atoms with van der Waals surface area (Å²) in [6.07, 6.45) is 3.69. The molecule has 0 heterocycles. The molecule has 2 aliphatic carbocycles. The van der Waals surface area contributed by atoms with E-state index in [1.54, 1.807) is 0 Å². The van der Waals surface area contributed by atoms with E-state index in [9.17, 15) is 4.79 Å². The molecule has 0 aliphatic heterocycles. The number of fused-ring (bicyclic) bond motifs is 5. The third kappa shape index (κ3) is 2.85. The van der Waals surface area contributed by atoms with Gasteiger partial charge in [0.25, 0.3) is 8.32 Å². The van der Waals surface area contributed by atoms with Crippen LogP contribution in [-0.4, -0.2) is 14.1 Å². The summed E-state index contributed by atoms with van der Waals surface area (Å²) in [5.74, 6) is 1.84. The Labute approximate surface area is 170 Å². The van der Waals surface area contributed by atoms with Crippen molar-refractivity contribution in [3.05, 3.63) is 41.0 Å². The molecule has 2 atom stereocenters. The van der Waals surface area contributed by atoms with Crippen molar-refractivity contribution in [2.45, 2.75) is 84.4 Å². The van der Waals surface area contributed by atoms with Gasteiger partial charge in [-0.05, 0) is 78.9 Å². The molecule has 1 fully saturated rings. The Kier molecular flexibility index (Phi) is 4.35. The van der Waals surface area contributed by atoms with Crippen LogP contribution in [0.2, 0.25) is 18.1 Å². The van der Waals surface area contributed by atoms with Crippen molar-refractivity contribution in [2.75, 3.05) is 0 Å². The molecule has 150 valence electrons. The lowest BCUT2D eigenvalue weighted by Gasteiger charge is -2.40. The molecule has 1 saturated carbocycles. The van der Waals surface area contributed by atoms with Gasteiger partial charge in [-0.25, -0.2) is 0 Å². The number of hydrogen-bond donors (Lipinski definition) is 0. The summed E-state index contributed by atoms with van der Waals surface area (Å²) in [4.78, 5) is 12.7. The summed E-state index contributed by atoms with van der Waals surface area (Å²) in [6.45, 7) is 15.9. The highest BCUT2D eigenvalue weighted by Gasteiger charge is 2.49. The molecule has 0 saturated heterocycles. The van der Waals surface area contributed by atoms with Gasteiger partial charge in [0.15, 0.2) is 0 Å². The van der Waals surface area contributed by atoms with Gasteiger partial charge in [-0.1, -0.05) is 45.4 Å². The third-order valence-corrected chi connectivity index (χ3v) is 12.3. The molecule has 28 heavy (non-hydrogen) atoms. The van der Waals surface area contributed by atoms with Crippen LogP contribution >= 0.6 is 0 Å². The average molecular weight is 395 g/mol. The topological polar surface area (TPSA) is 26.3 Å². The Morgan fingerprint density at radius 2 is 1.82 bits per heavy atom. The van der Waals surface area contributed by atoms with Crippen LogP contribution in [0.1, 0.15) is 69.6 Å². The van der Waals surface area contributed by atoms with Gasteiger partial charge in [0.05, 0.1) is 0 Å². The predicted octanol–water partition coefficient (Wildman–Crippen LogP) is 6.93. The zero-order valence-electron chi connectivity index (χ0n) is 18.5. The van der Waals surface area contributed by atoms with Crippen molar-refractivity contribution >= 4 is 24.9 Å². The van der Waals surface area contributed by atoms with Crippen LogP contribution < -0.4 is 4.43 Å². The maximum atomic E-state index is 12.7. The first kappa shape index (κ1) is 19.7. The van der Waals surface area contributed by atoms with Gasteiger partial charge in [0, 0.05) is 17.2 Å². The first-order valence-corrected chi connectivity index (χ1v) is 13.6. The normalized spacial score (nSPS) is 25.0. The molecule has 3 heteroatoms. The second-order valence-electron chi connectivity index (χ2n) is 10.8. The van der Waals surface area contributed by atoms with Gasteiger partial charge >= 0.3 is 0 Å². The SMILES string of the molecule is Cc1ccc2c3c(cc(O[Si](C)(C)C(C)(C)C)c2c1)C1CCC(=O)C1(C)CC3. The van der Waals surface area contributed by atoms with Crippen LogP contribution in [0.4, 0.5) is 0 Å². The van der Waals surface area contributed by atoms with Crippen LogP contribution in [0.15, 0.2) is 24.3 Å². The summed E-state index contributed by atoms with van der Waals surface area (Å²) >= 11 is 0. The van der Waals surface area contributed by atoms with Crippen LogP contribution in [-0.2, 0) is 11.2 Å². The first-order valence-electron chi connectivity index (χ1n) is 10.7. The van der Waals surface area contributed by atoms with E-state index < -0.39 is 8.32 Å². The number of Topliss-reactive ketones (excluding diaryl/α,β-unsaturated/α-hetero) is 1. The molecule has 0 radical (unpaired) electrons. The number of benzene rings is 2. The number of ketones is 1. The largest absolute Gasteiger partial charge is 0.543 e. The summed E-state index contributed by atoms with van der Waals surface area (Å²) in [5, 5.41) is 2.73. The lowest BCUT2D eigenvalue weighted by atomic mass is 9.66. The lowest BCUT2D eigenvalue weighted by molar-refractivity contribution is -0.126. The van der Waals surface area contributed by atoms with E-state index in [0.29, 0.717) is 11.7 Å². The minimum Gasteiger partial charge on any atom is -0.543 e. The van der Waals surface area contributed by atoms with E-state index in [2.05, 4.69) is 72.0 Å². The number of aryl methyl sites for hydroxylation is 2. The molecular formula is C25H34O2Si. The molecular weight excluding hydrogens is 360 g/mol. The molecule has 0 N–H and O–H groups in total. The van der Waals surface area contributed by atoms with E-state index in [1.165, 1.54) is 27.5 Å². The Hall–Kier alpha value is -1.61. The fourth-order valence-corrected chi connectivity index (χ4v) is 5.98. The number of carbonyl (C=O) groups is 1. The smallest absolute Gasteiger partial charge is 0.250 e. The van der Waals surface area contributed by atoms with E-state index in [0.717, 1.165) is 31.4 Å². The fraction of sp³-hybridized carbons (Fsp3) is 0.560. The summed E-state index contributed by atoms with van der Waals surface area (Å²) in [6, 6.07) is 9.09. The Morgan fingerprint density at radius 1 is 1.11 bits per heavy atom. The van der Waals surface area contributed by atoms with Gasteiger partial charge in [0.2, 0.25) is 0 Å². The summed E-state index contributed by atoms with van der Waals surface area (Å²) < 4.78 is 6.86. The highest BCUT2D eigenvalue weighted by Crippen LogP contribution is 2.56. The van der Waals surface area contributed by atoms with Crippen molar-refractivity contribution < 1.29 is 9.22 Å². The minimum atomic E-state index is -1.96. The molecule has 0 aromatic heterocycles. The van der Waals surface area contributed by atoms with Crippen LogP contribution in [0.3, 0.4) is 0 Å². The molecule has 2 nitrogen and oxygen atoms in total. The maximum Gasteiger partial charge on any atom is 0.250 e. The Bertz CT molecular complexity index is 967. The first-order chi connectivity index (χ1) is 12.9. The average Bonchev–Trinajstić information content (AvgIpc) is 2.89. The van der Waals surface area contributed by atoms with E-state index in [-0.39, 0.29) is 10.5 Å². The molecule has 2 aliphatic rings. The second-order valence-corrected chi connectivity index (χ2v) is 15.5. The van der Waals surface area contributed by atoms with Gasteiger partial charge in [-0.3, -0.25) is 4.79 Å². The molecule has 2 aromatic rings. The molecule has 2 unspecified atom stereocenters. The van der Waals surface area contributed by atoms with Gasteiger partial charge < -0.3 is 4.43 Å². The van der Waals surface area contributed by atoms with Crippen molar-refractivity contribution in [3.63, 3.8) is 0 Å². The van der Waals surface area contributed by atoms with E-state index >= 15 is 0 Å². The van der Waals surface area contributed by atoms with Gasteiger partial charge in [0.1, 0.15) is 11.5 Å². The Balaban J connectivity index is 1.94. The van der Waals surface area contributed by atoms with Crippen LogP contribution in [0, 0.1) is 12.3 Å². The standard InChI is InChI=1S/C25H34O2Si/c1-16-8-9-17-18-12-13-25(5)21(10-11-23(25)26)19(18)15-22(20(17)14-16)27-28(6,7)24(2,3)4/h8-9,14-15,21H,10-13H2,1-7H3. The molecule has 0 amide bonds. The predicted molar refractivity (Wildman–Crippen MR) is 120 cm³/mol. The quantitative estimate of drug-likeness (QED) is 0.516. The zero-order valence-corrected chi connectivity index (χ0v) is 19.5. The molecule has 0 spiro atoms. The van der Waals surface area contributed by atoms with Crippen LogP contribution in [0.25, 0.3) is 10.8 Å². The minimum absolute atomic E-state index is 0.150. The van der Waals surface area contributed by atoms with Crippen LogP contribution in [0.5, 0.6) is 5.75 Å². The van der Waals surface area contributed by atoms with Gasteiger partial charge in [-0.2, -0.15) is 0 Å². The highest BCUT2D eigenvalue weighted by atomic mass is 28.4. The summed E-state index contributed by atoms with van der Waals surface area (Å²) in [5.41, 5.74) is 3.92. The van der Waals surface area contributed by atoms with E-state index in [1.807, 2.05) is 0 Å². The molecule has 0 bridgehead atoms.